The van der Waals surface area contributed by atoms with E-state index in [0.29, 0.717) is 11.4 Å². The zero-order chi connectivity index (χ0) is 17.0. The molecule has 1 heterocycles. The Labute approximate surface area is 133 Å². The van der Waals surface area contributed by atoms with Gasteiger partial charge in [-0.1, -0.05) is 5.16 Å². The lowest BCUT2D eigenvalue weighted by Crippen LogP contribution is -2.33. The quantitative estimate of drug-likeness (QED) is 0.866. The van der Waals surface area contributed by atoms with E-state index in [4.69, 9.17) is 4.52 Å². The highest BCUT2D eigenvalue weighted by Crippen LogP contribution is 2.18. The molecule has 7 nitrogen and oxygen atoms in total. The third-order valence-electron chi connectivity index (χ3n) is 2.95. The van der Waals surface area contributed by atoms with Gasteiger partial charge in [0.25, 0.3) is 0 Å². The molecule has 0 bridgehead atoms. The predicted octanol–water partition coefficient (Wildman–Crippen LogP) is 1.92. The van der Waals surface area contributed by atoms with Gasteiger partial charge in [-0.05, 0) is 31.2 Å². The molecule has 0 saturated heterocycles. The van der Waals surface area contributed by atoms with Crippen molar-refractivity contribution in [1.29, 1.82) is 0 Å². The number of aryl methyl sites for hydroxylation is 1. The average Bonchev–Trinajstić information content (AvgIpc) is 2.85. The van der Waals surface area contributed by atoms with Crippen LogP contribution < -0.4 is 9.62 Å². The topological polar surface area (TPSA) is 92.5 Å². The van der Waals surface area contributed by atoms with Crippen molar-refractivity contribution in [1.82, 2.24) is 5.16 Å². The monoisotopic (exact) mass is 341 g/mol. The van der Waals surface area contributed by atoms with Crippen LogP contribution in [0.1, 0.15) is 12.2 Å². The molecule has 0 aliphatic heterocycles. The average molecular weight is 341 g/mol. The van der Waals surface area contributed by atoms with Gasteiger partial charge in [-0.25, -0.2) is 12.8 Å². The van der Waals surface area contributed by atoms with Crippen LogP contribution in [0.5, 0.6) is 0 Å². The van der Waals surface area contributed by atoms with Gasteiger partial charge in [0.2, 0.25) is 15.9 Å². The van der Waals surface area contributed by atoms with Crippen LogP contribution in [0.2, 0.25) is 0 Å². The molecule has 0 atom stereocenters. The minimum absolute atomic E-state index is 0.0763. The second-order valence-electron chi connectivity index (χ2n) is 4.93. The normalized spacial score (nSPS) is 11.3. The summed E-state index contributed by atoms with van der Waals surface area (Å²) in [7, 11) is -3.60. The summed E-state index contributed by atoms with van der Waals surface area (Å²) in [4.78, 5) is 11.9. The van der Waals surface area contributed by atoms with E-state index in [-0.39, 0.29) is 18.8 Å². The summed E-state index contributed by atoms with van der Waals surface area (Å²) < 4.78 is 42.5. The number of anilines is 2. The van der Waals surface area contributed by atoms with Crippen LogP contribution in [-0.4, -0.2) is 32.3 Å². The highest BCUT2D eigenvalue weighted by Gasteiger charge is 2.19. The SMILES string of the molecule is Cc1cc(NC(=O)CCN(c2ccc(F)cc2)S(C)(=O)=O)no1. The lowest BCUT2D eigenvalue weighted by molar-refractivity contribution is -0.116. The maximum atomic E-state index is 13.0. The van der Waals surface area contributed by atoms with Gasteiger partial charge in [-0.15, -0.1) is 0 Å². The Morgan fingerprint density at radius 2 is 2.00 bits per heavy atom. The summed E-state index contributed by atoms with van der Waals surface area (Å²) in [5.74, 6) is -0.0695. The number of halogens is 1. The lowest BCUT2D eigenvalue weighted by atomic mass is 10.3. The van der Waals surface area contributed by atoms with E-state index in [2.05, 4.69) is 10.5 Å². The van der Waals surface area contributed by atoms with Crippen molar-refractivity contribution in [3.05, 3.63) is 41.9 Å². The molecule has 124 valence electrons. The van der Waals surface area contributed by atoms with Crippen molar-refractivity contribution in [3.63, 3.8) is 0 Å². The molecule has 0 unspecified atom stereocenters. The van der Waals surface area contributed by atoms with Crippen LogP contribution in [-0.2, 0) is 14.8 Å². The molecule has 2 rings (SSSR count). The molecule has 1 aromatic heterocycles. The van der Waals surface area contributed by atoms with Gasteiger partial charge in [0, 0.05) is 19.0 Å². The molecule has 1 N–H and O–H groups in total. The molecule has 0 spiro atoms. The fraction of sp³-hybridized carbons (Fsp3) is 0.286. The molecule has 23 heavy (non-hydrogen) atoms. The second kappa shape index (κ2) is 6.78. The first-order valence-electron chi connectivity index (χ1n) is 6.72. The Morgan fingerprint density at radius 3 is 2.52 bits per heavy atom. The number of hydrogen-bond donors (Lipinski definition) is 1. The number of nitrogens with one attached hydrogen (secondary N) is 1. The Kier molecular flexibility index (Phi) is 4.99. The highest BCUT2D eigenvalue weighted by atomic mass is 32.2. The van der Waals surface area contributed by atoms with E-state index in [1.807, 2.05) is 0 Å². The molecular formula is C14H16FN3O4S. The van der Waals surface area contributed by atoms with Crippen molar-refractivity contribution < 1.29 is 22.1 Å². The number of benzene rings is 1. The molecular weight excluding hydrogens is 325 g/mol. The molecule has 0 saturated carbocycles. The first-order chi connectivity index (χ1) is 10.8. The van der Waals surface area contributed by atoms with Crippen LogP contribution in [0.3, 0.4) is 0 Å². The van der Waals surface area contributed by atoms with Gasteiger partial charge in [0.05, 0.1) is 11.9 Å². The van der Waals surface area contributed by atoms with E-state index in [0.717, 1.165) is 22.7 Å². The number of carbonyl (C=O) groups is 1. The molecule has 1 aromatic carbocycles. The largest absolute Gasteiger partial charge is 0.360 e. The Morgan fingerprint density at radius 1 is 1.35 bits per heavy atom. The Bertz CT molecular complexity index is 787. The maximum Gasteiger partial charge on any atom is 0.232 e. The molecule has 0 radical (unpaired) electrons. The first kappa shape index (κ1) is 16.9. The van der Waals surface area contributed by atoms with Crippen molar-refractivity contribution in [2.24, 2.45) is 0 Å². The summed E-state index contributed by atoms with van der Waals surface area (Å²) in [6, 6.07) is 6.55. The third-order valence-corrected chi connectivity index (χ3v) is 4.15. The van der Waals surface area contributed by atoms with Crippen LogP contribution in [0, 0.1) is 12.7 Å². The van der Waals surface area contributed by atoms with Gasteiger partial charge in [0.15, 0.2) is 5.82 Å². The summed E-state index contributed by atoms with van der Waals surface area (Å²) >= 11 is 0. The summed E-state index contributed by atoms with van der Waals surface area (Å²) in [5.41, 5.74) is 0.291. The van der Waals surface area contributed by atoms with Gasteiger partial charge < -0.3 is 9.84 Å². The van der Waals surface area contributed by atoms with E-state index in [1.165, 1.54) is 12.1 Å². The second-order valence-corrected chi connectivity index (χ2v) is 6.84. The highest BCUT2D eigenvalue weighted by molar-refractivity contribution is 7.92. The number of rotatable bonds is 6. The molecule has 9 heteroatoms. The predicted molar refractivity (Wildman–Crippen MR) is 83.1 cm³/mol. The van der Waals surface area contributed by atoms with Gasteiger partial charge in [-0.2, -0.15) is 0 Å². The van der Waals surface area contributed by atoms with Crippen LogP contribution >= 0.6 is 0 Å². The fourth-order valence-corrected chi connectivity index (χ4v) is 2.86. The van der Waals surface area contributed by atoms with E-state index in [9.17, 15) is 17.6 Å². The number of nitrogens with zero attached hydrogens (tertiary/aromatic N) is 2. The Hall–Kier alpha value is -2.42. The van der Waals surface area contributed by atoms with Gasteiger partial charge >= 0.3 is 0 Å². The summed E-state index contributed by atoms with van der Waals surface area (Å²) in [6.07, 6.45) is 0.936. The minimum atomic E-state index is -3.60. The zero-order valence-corrected chi connectivity index (χ0v) is 13.4. The van der Waals surface area contributed by atoms with Gasteiger partial charge in [0.1, 0.15) is 11.6 Å². The van der Waals surface area contributed by atoms with Crippen molar-refractivity contribution in [3.8, 4) is 0 Å². The zero-order valence-electron chi connectivity index (χ0n) is 12.6. The number of hydrogen-bond acceptors (Lipinski definition) is 5. The van der Waals surface area contributed by atoms with Crippen molar-refractivity contribution >= 4 is 27.4 Å². The number of amides is 1. The molecule has 0 fully saturated rings. The van der Waals surface area contributed by atoms with Crippen LogP contribution in [0.4, 0.5) is 15.9 Å². The van der Waals surface area contributed by atoms with Crippen LogP contribution in [0.25, 0.3) is 0 Å². The van der Waals surface area contributed by atoms with Crippen molar-refractivity contribution in [2.45, 2.75) is 13.3 Å². The summed E-state index contributed by atoms with van der Waals surface area (Å²) in [5, 5.41) is 6.12. The van der Waals surface area contributed by atoms with Crippen molar-refractivity contribution in [2.75, 3.05) is 22.4 Å². The number of aromatic nitrogens is 1. The van der Waals surface area contributed by atoms with E-state index < -0.39 is 21.7 Å². The molecule has 0 aliphatic rings. The smallest absolute Gasteiger partial charge is 0.232 e. The number of carbonyl (C=O) groups excluding carboxylic acids is 1. The lowest BCUT2D eigenvalue weighted by Gasteiger charge is -2.22. The molecule has 1 amide bonds. The Balaban J connectivity index is 2.04. The summed E-state index contributed by atoms with van der Waals surface area (Å²) in [6.45, 7) is 1.61. The standard InChI is InChI=1S/C14H16FN3O4S/c1-10-9-13(17-22-10)16-14(19)7-8-18(23(2,20)21)12-5-3-11(15)4-6-12/h3-6,9H,7-8H2,1-2H3,(H,16,17,19). The minimum Gasteiger partial charge on any atom is -0.360 e. The number of sulfonamides is 1. The fourth-order valence-electron chi connectivity index (χ4n) is 1.93. The molecule has 2 aromatic rings. The van der Waals surface area contributed by atoms with E-state index >= 15 is 0 Å². The van der Waals surface area contributed by atoms with Crippen LogP contribution in [0.15, 0.2) is 34.9 Å². The van der Waals surface area contributed by atoms with E-state index in [1.54, 1.807) is 13.0 Å². The molecule has 0 aliphatic carbocycles. The third kappa shape index (κ3) is 4.78. The first-order valence-corrected chi connectivity index (χ1v) is 8.57. The maximum absolute atomic E-state index is 13.0. The van der Waals surface area contributed by atoms with Gasteiger partial charge in [-0.3, -0.25) is 9.10 Å².